The van der Waals surface area contributed by atoms with Crippen molar-refractivity contribution in [3.05, 3.63) is 0 Å². The van der Waals surface area contributed by atoms with Crippen molar-refractivity contribution in [1.29, 1.82) is 0 Å². The molecule has 0 spiro atoms. The Morgan fingerprint density at radius 2 is 1.89 bits per heavy atom. The highest BCUT2D eigenvalue weighted by Crippen LogP contribution is 2.31. The van der Waals surface area contributed by atoms with Gasteiger partial charge in [-0.2, -0.15) is 0 Å². The second-order valence-corrected chi connectivity index (χ2v) is 6.25. The van der Waals surface area contributed by atoms with Crippen molar-refractivity contribution in [3.8, 4) is 0 Å². The van der Waals surface area contributed by atoms with Gasteiger partial charge in [0, 0.05) is 19.0 Å². The summed E-state index contributed by atoms with van der Waals surface area (Å²) in [4.78, 5) is 14.8. The van der Waals surface area contributed by atoms with E-state index in [2.05, 4.69) is 11.8 Å². The predicted molar refractivity (Wildman–Crippen MR) is 74.1 cm³/mol. The van der Waals surface area contributed by atoms with Crippen LogP contribution in [0, 0.1) is 17.8 Å². The summed E-state index contributed by atoms with van der Waals surface area (Å²) >= 11 is 0. The molecule has 2 fully saturated rings. The highest BCUT2D eigenvalue weighted by molar-refractivity contribution is 5.79. The van der Waals surface area contributed by atoms with E-state index in [0.29, 0.717) is 18.4 Å². The summed E-state index contributed by atoms with van der Waals surface area (Å²) in [6, 6.07) is 0. The van der Waals surface area contributed by atoms with Gasteiger partial charge in [0.1, 0.15) is 0 Å². The highest BCUT2D eigenvalue weighted by Gasteiger charge is 2.33. The first-order valence-corrected chi connectivity index (χ1v) is 7.71. The monoisotopic (exact) mass is 252 g/mol. The van der Waals surface area contributed by atoms with Crippen LogP contribution in [0.2, 0.25) is 0 Å². The van der Waals surface area contributed by atoms with E-state index >= 15 is 0 Å². The lowest BCUT2D eigenvalue weighted by atomic mass is 9.78. The maximum atomic E-state index is 12.7. The number of nitrogens with two attached hydrogens (primary N) is 1. The molecule has 1 heterocycles. The van der Waals surface area contributed by atoms with Crippen molar-refractivity contribution in [2.45, 2.75) is 51.9 Å². The largest absolute Gasteiger partial charge is 0.342 e. The molecule has 1 aliphatic heterocycles. The van der Waals surface area contributed by atoms with E-state index in [4.69, 9.17) is 5.73 Å². The smallest absolute Gasteiger partial charge is 0.226 e. The Morgan fingerprint density at radius 3 is 2.67 bits per heavy atom. The molecule has 0 bridgehead atoms. The zero-order chi connectivity index (χ0) is 13.0. The van der Waals surface area contributed by atoms with E-state index in [-0.39, 0.29) is 5.92 Å². The van der Waals surface area contributed by atoms with Crippen LogP contribution in [0.3, 0.4) is 0 Å². The summed E-state index contributed by atoms with van der Waals surface area (Å²) in [5.74, 6) is 1.84. The first kappa shape index (κ1) is 13.9. The summed E-state index contributed by atoms with van der Waals surface area (Å²) in [6.07, 6.45) is 8.29. The number of carbonyl (C=O) groups is 1. The van der Waals surface area contributed by atoms with Crippen molar-refractivity contribution in [3.63, 3.8) is 0 Å². The molecule has 0 aromatic carbocycles. The van der Waals surface area contributed by atoms with Gasteiger partial charge in [-0.3, -0.25) is 4.79 Å². The third kappa shape index (κ3) is 3.25. The first-order valence-electron chi connectivity index (χ1n) is 7.71. The van der Waals surface area contributed by atoms with Gasteiger partial charge in [0.25, 0.3) is 0 Å². The second kappa shape index (κ2) is 6.55. The van der Waals surface area contributed by atoms with Crippen molar-refractivity contribution in [2.24, 2.45) is 23.5 Å². The molecule has 3 unspecified atom stereocenters. The van der Waals surface area contributed by atoms with Gasteiger partial charge in [0.15, 0.2) is 0 Å². The van der Waals surface area contributed by atoms with Gasteiger partial charge >= 0.3 is 0 Å². The van der Waals surface area contributed by atoms with Gasteiger partial charge in [-0.25, -0.2) is 0 Å². The number of carbonyl (C=O) groups excluding carboxylic acids is 1. The number of likely N-dealkylation sites (tertiary alicyclic amines) is 1. The lowest BCUT2D eigenvalue weighted by Crippen LogP contribution is -2.42. The minimum absolute atomic E-state index is 0.220. The number of rotatable bonds is 2. The van der Waals surface area contributed by atoms with Crippen LogP contribution in [0.4, 0.5) is 0 Å². The van der Waals surface area contributed by atoms with Crippen LogP contribution in [0.15, 0.2) is 0 Å². The van der Waals surface area contributed by atoms with Crippen molar-refractivity contribution >= 4 is 5.91 Å². The molecule has 1 aliphatic carbocycles. The van der Waals surface area contributed by atoms with E-state index in [9.17, 15) is 4.79 Å². The number of nitrogens with zero attached hydrogens (tertiary/aromatic N) is 1. The molecular weight excluding hydrogens is 224 g/mol. The predicted octanol–water partition coefficient (Wildman–Crippen LogP) is 2.40. The van der Waals surface area contributed by atoms with E-state index < -0.39 is 0 Å². The molecule has 3 atom stereocenters. The molecule has 2 N–H and O–H groups in total. The van der Waals surface area contributed by atoms with E-state index in [0.717, 1.165) is 31.8 Å². The van der Waals surface area contributed by atoms with Crippen molar-refractivity contribution in [1.82, 2.24) is 4.90 Å². The van der Waals surface area contributed by atoms with Gasteiger partial charge in [0.05, 0.1) is 0 Å². The second-order valence-electron chi connectivity index (χ2n) is 6.25. The highest BCUT2D eigenvalue weighted by atomic mass is 16.2. The Hall–Kier alpha value is -0.570. The lowest BCUT2D eigenvalue weighted by molar-refractivity contribution is -0.138. The molecule has 2 aliphatic rings. The minimum Gasteiger partial charge on any atom is -0.342 e. The molecule has 2 rings (SSSR count). The van der Waals surface area contributed by atoms with Crippen molar-refractivity contribution in [2.75, 3.05) is 19.6 Å². The zero-order valence-electron chi connectivity index (χ0n) is 11.7. The molecule has 1 saturated heterocycles. The topological polar surface area (TPSA) is 46.3 Å². The van der Waals surface area contributed by atoms with Crippen LogP contribution >= 0.6 is 0 Å². The van der Waals surface area contributed by atoms with E-state index in [1.165, 1.54) is 32.1 Å². The van der Waals surface area contributed by atoms with Gasteiger partial charge in [-0.15, -0.1) is 0 Å². The number of hydrogen-bond donors (Lipinski definition) is 1. The van der Waals surface area contributed by atoms with Crippen LogP contribution in [-0.2, 0) is 4.79 Å². The molecule has 0 radical (unpaired) electrons. The fourth-order valence-electron chi connectivity index (χ4n) is 3.53. The third-order valence-electron chi connectivity index (χ3n) is 4.86. The van der Waals surface area contributed by atoms with Crippen LogP contribution < -0.4 is 5.73 Å². The average Bonchev–Trinajstić information content (AvgIpc) is 2.62. The third-order valence-corrected chi connectivity index (χ3v) is 4.86. The van der Waals surface area contributed by atoms with Gasteiger partial charge < -0.3 is 10.6 Å². The average molecular weight is 252 g/mol. The van der Waals surface area contributed by atoms with Gasteiger partial charge in [-0.05, 0) is 50.5 Å². The fourth-order valence-corrected chi connectivity index (χ4v) is 3.53. The fraction of sp³-hybridized carbons (Fsp3) is 0.933. The molecule has 104 valence electrons. The summed E-state index contributed by atoms with van der Waals surface area (Å²) in [5, 5.41) is 0. The van der Waals surface area contributed by atoms with Crippen LogP contribution in [-0.4, -0.2) is 30.4 Å². The molecular formula is C15H28N2O. The Labute approximate surface area is 111 Å². The summed E-state index contributed by atoms with van der Waals surface area (Å²) in [6.45, 7) is 4.92. The molecule has 1 saturated carbocycles. The standard InChI is InChI=1S/C15H28N2O/c1-12-5-4-9-17(10-8-12)15(18)14-7-3-2-6-13(14)11-16/h12-14H,2-11,16H2,1H3. The van der Waals surface area contributed by atoms with Gasteiger partial charge in [-0.1, -0.05) is 19.8 Å². The molecule has 0 aromatic heterocycles. The SMILES string of the molecule is CC1CCCN(C(=O)C2CCCCC2CN)CC1. The normalized spacial score (nSPS) is 34.1. The van der Waals surface area contributed by atoms with Crippen LogP contribution in [0.1, 0.15) is 51.9 Å². The number of hydrogen-bond acceptors (Lipinski definition) is 2. The summed E-state index contributed by atoms with van der Waals surface area (Å²) in [5.41, 5.74) is 5.84. The zero-order valence-corrected chi connectivity index (χ0v) is 11.7. The molecule has 1 amide bonds. The minimum atomic E-state index is 0.220. The van der Waals surface area contributed by atoms with Gasteiger partial charge in [0.2, 0.25) is 5.91 Å². The summed E-state index contributed by atoms with van der Waals surface area (Å²) in [7, 11) is 0. The quantitative estimate of drug-likeness (QED) is 0.820. The molecule has 3 heteroatoms. The van der Waals surface area contributed by atoms with Crippen LogP contribution in [0.25, 0.3) is 0 Å². The maximum absolute atomic E-state index is 12.7. The van der Waals surface area contributed by atoms with Crippen LogP contribution in [0.5, 0.6) is 0 Å². The lowest BCUT2D eigenvalue weighted by Gasteiger charge is -2.33. The van der Waals surface area contributed by atoms with E-state index in [1.54, 1.807) is 0 Å². The maximum Gasteiger partial charge on any atom is 0.226 e. The number of amides is 1. The Balaban J connectivity index is 1.96. The Kier molecular flexibility index (Phi) is 5.04. The summed E-state index contributed by atoms with van der Waals surface area (Å²) < 4.78 is 0. The molecule has 3 nitrogen and oxygen atoms in total. The first-order chi connectivity index (χ1) is 8.72. The Bertz CT molecular complexity index is 280. The Morgan fingerprint density at radius 1 is 1.11 bits per heavy atom. The van der Waals surface area contributed by atoms with Crippen molar-refractivity contribution < 1.29 is 4.79 Å². The molecule has 18 heavy (non-hydrogen) atoms. The van der Waals surface area contributed by atoms with E-state index in [1.807, 2.05) is 0 Å². The molecule has 0 aromatic rings.